The van der Waals surface area contributed by atoms with Crippen LogP contribution in [0.15, 0.2) is 18.2 Å². The monoisotopic (exact) mass is 296 g/mol. The molecule has 0 saturated carbocycles. The molecule has 1 aliphatic rings. The lowest BCUT2D eigenvalue weighted by Gasteiger charge is -2.38. The van der Waals surface area contributed by atoms with Gasteiger partial charge in [0.15, 0.2) is 0 Å². The van der Waals surface area contributed by atoms with Crippen molar-refractivity contribution >= 4 is 11.8 Å². The summed E-state index contributed by atoms with van der Waals surface area (Å²) in [7, 11) is 0. The van der Waals surface area contributed by atoms with Crippen molar-refractivity contribution in [3.63, 3.8) is 0 Å². The first-order valence-corrected chi connectivity index (χ1v) is 6.70. The Balaban J connectivity index is 2.24. The highest BCUT2D eigenvalue weighted by Gasteiger charge is 2.39. The lowest BCUT2D eigenvalue weighted by molar-refractivity contribution is -0.148. The van der Waals surface area contributed by atoms with Gasteiger partial charge < -0.3 is 10.2 Å². The van der Waals surface area contributed by atoms with E-state index in [9.17, 15) is 18.4 Å². The first-order chi connectivity index (χ1) is 9.68. The second-order valence-electron chi connectivity index (χ2n) is 6.30. The van der Waals surface area contributed by atoms with Crippen LogP contribution in [0, 0.1) is 17.0 Å². The van der Waals surface area contributed by atoms with Gasteiger partial charge in [0, 0.05) is 12.1 Å². The summed E-state index contributed by atoms with van der Waals surface area (Å²) in [4.78, 5) is 25.4. The molecular formula is C15H18F2N2O2. The molecule has 6 heteroatoms. The van der Waals surface area contributed by atoms with Crippen LogP contribution >= 0.6 is 0 Å². The summed E-state index contributed by atoms with van der Waals surface area (Å²) in [5.74, 6) is -1.76. The summed E-state index contributed by atoms with van der Waals surface area (Å²) in [6.07, 6.45) is 0. The number of nitrogens with one attached hydrogen (secondary N) is 1. The average Bonchev–Trinajstić information content (AvgIpc) is 2.36. The third-order valence-corrected chi connectivity index (χ3v) is 3.43. The number of benzene rings is 1. The van der Waals surface area contributed by atoms with E-state index < -0.39 is 23.1 Å². The van der Waals surface area contributed by atoms with Gasteiger partial charge in [-0.3, -0.25) is 9.59 Å². The van der Waals surface area contributed by atoms with Crippen molar-refractivity contribution in [2.24, 2.45) is 5.41 Å². The van der Waals surface area contributed by atoms with Gasteiger partial charge in [0.1, 0.15) is 17.7 Å². The first-order valence-electron chi connectivity index (χ1n) is 6.70. The highest BCUT2D eigenvalue weighted by Crippen LogP contribution is 2.24. The van der Waals surface area contributed by atoms with Gasteiger partial charge in [-0.2, -0.15) is 0 Å². The SMILES string of the molecule is CC(C)(C)C1NC(=O)CN(Cc2cc(F)ccc2F)C1=O. The Morgan fingerprint density at radius 2 is 1.95 bits per heavy atom. The maximum absolute atomic E-state index is 13.7. The molecule has 0 aromatic heterocycles. The quantitative estimate of drug-likeness (QED) is 0.905. The number of hydrogen-bond acceptors (Lipinski definition) is 2. The zero-order valence-corrected chi connectivity index (χ0v) is 12.2. The van der Waals surface area contributed by atoms with Crippen molar-refractivity contribution in [2.45, 2.75) is 33.4 Å². The maximum Gasteiger partial charge on any atom is 0.246 e. The minimum absolute atomic E-state index is 0.0608. The maximum atomic E-state index is 13.7. The topological polar surface area (TPSA) is 49.4 Å². The van der Waals surface area contributed by atoms with Crippen LogP contribution in [0.25, 0.3) is 0 Å². The molecular weight excluding hydrogens is 278 g/mol. The van der Waals surface area contributed by atoms with E-state index in [1.807, 2.05) is 20.8 Å². The lowest BCUT2D eigenvalue weighted by Crippen LogP contribution is -2.61. The molecule has 1 fully saturated rings. The molecule has 0 bridgehead atoms. The molecule has 2 amide bonds. The van der Waals surface area contributed by atoms with Crippen LogP contribution in [0.2, 0.25) is 0 Å². The molecule has 1 atom stereocenters. The molecule has 1 unspecified atom stereocenters. The van der Waals surface area contributed by atoms with Gasteiger partial charge >= 0.3 is 0 Å². The molecule has 21 heavy (non-hydrogen) atoms. The average molecular weight is 296 g/mol. The number of amides is 2. The Hall–Kier alpha value is -1.98. The molecule has 4 nitrogen and oxygen atoms in total. The second-order valence-corrected chi connectivity index (χ2v) is 6.30. The van der Waals surface area contributed by atoms with Crippen molar-refractivity contribution in [1.82, 2.24) is 10.2 Å². The molecule has 1 aliphatic heterocycles. The van der Waals surface area contributed by atoms with Gasteiger partial charge in [0.2, 0.25) is 11.8 Å². The molecule has 1 saturated heterocycles. The smallest absolute Gasteiger partial charge is 0.246 e. The Kier molecular flexibility index (Phi) is 3.98. The zero-order valence-electron chi connectivity index (χ0n) is 12.2. The molecule has 1 aromatic carbocycles. The van der Waals surface area contributed by atoms with E-state index in [2.05, 4.69) is 5.32 Å². The molecule has 1 N–H and O–H groups in total. The Bertz CT molecular complexity index is 582. The summed E-state index contributed by atoms with van der Waals surface area (Å²) in [5.41, 5.74) is -0.392. The molecule has 1 aromatic rings. The number of hydrogen-bond donors (Lipinski definition) is 1. The zero-order chi connectivity index (χ0) is 15.8. The van der Waals surface area contributed by atoms with Gasteiger partial charge in [-0.1, -0.05) is 20.8 Å². The Morgan fingerprint density at radius 3 is 2.57 bits per heavy atom. The van der Waals surface area contributed by atoms with E-state index in [1.165, 1.54) is 4.90 Å². The van der Waals surface area contributed by atoms with E-state index in [1.54, 1.807) is 0 Å². The van der Waals surface area contributed by atoms with Crippen LogP contribution in [-0.4, -0.2) is 29.3 Å². The molecule has 1 heterocycles. The summed E-state index contributed by atoms with van der Waals surface area (Å²) in [5, 5.41) is 2.65. The fraction of sp³-hybridized carbons (Fsp3) is 0.467. The minimum Gasteiger partial charge on any atom is -0.342 e. The number of rotatable bonds is 2. The van der Waals surface area contributed by atoms with Gasteiger partial charge in [0.05, 0.1) is 6.54 Å². The summed E-state index contributed by atoms with van der Waals surface area (Å²) in [6, 6.07) is 2.40. The van der Waals surface area contributed by atoms with Gasteiger partial charge in [-0.25, -0.2) is 8.78 Å². The van der Waals surface area contributed by atoms with Crippen molar-refractivity contribution in [2.75, 3.05) is 6.54 Å². The number of carbonyl (C=O) groups is 2. The number of carbonyl (C=O) groups excluding carboxylic acids is 2. The molecule has 2 rings (SSSR count). The van der Waals surface area contributed by atoms with Crippen molar-refractivity contribution in [3.05, 3.63) is 35.4 Å². The summed E-state index contributed by atoms with van der Waals surface area (Å²) < 4.78 is 26.9. The van der Waals surface area contributed by atoms with E-state index in [0.717, 1.165) is 18.2 Å². The highest BCUT2D eigenvalue weighted by molar-refractivity contribution is 5.95. The molecule has 114 valence electrons. The standard InChI is InChI=1S/C15H18F2N2O2/c1-15(2,3)13-14(21)19(8-12(20)18-13)7-9-6-10(16)4-5-11(9)17/h4-6,13H,7-8H2,1-3H3,(H,18,20). The predicted molar refractivity (Wildman–Crippen MR) is 73.2 cm³/mol. The number of halogens is 2. The van der Waals surface area contributed by atoms with Crippen LogP contribution in [0.1, 0.15) is 26.3 Å². The van der Waals surface area contributed by atoms with Crippen LogP contribution in [-0.2, 0) is 16.1 Å². The lowest BCUT2D eigenvalue weighted by atomic mass is 9.84. The van der Waals surface area contributed by atoms with Crippen LogP contribution in [0.3, 0.4) is 0 Å². The Morgan fingerprint density at radius 1 is 1.29 bits per heavy atom. The van der Waals surface area contributed by atoms with Gasteiger partial charge in [0.25, 0.3) is 0 Å². The van der Waals surface area contributed by atoms with Crippen molar-refractivity contribution in [3.8, 4) is 0 Å². The molecule has 0 radical (unpaired) electrons. The van der Waals surface area contributed by atoms with E-state index in [0.29, 0.717) is 0 Å². The van der Waals surface area contributed by atoms with E-state index in [-0.39, 0.29) is 30.5 Å². The van der Waals surface area contributed by atoms with Crippen LogP contribution in [0.4, 0.5) is 8.78 Å². The largest absolute Gasteiger partial charge is 0.342 e. The molecule has 0 aliphatic carbocycles. The third-order valence-electron chi connectivity index (χ3n) is 3.43. The fourth-order valence-corrected chi connectivity index (χ4v) is 2.29. The van der Waals surface area contributed by atoms with Crippen LogP contribution < -0.4 is 5.32 Å². The third kappa shape index (κ3) is 3.37. The van der Waals surface area contributed by atoms with Crippen molar-refractivity contribution < 1.29 is 18.4 Å². The number of piperazine rings is 1. The van der Waals surface area contributed by atoms with E-state index >= 15 is 0 Å². The summed E-state index contributed by atoms with van der Waals surface area (Å²) in [6.45, 7) is 5.23. The molecule has 0 spiro atoms. The highest BCUT2D eigenvalue weighted by atomic mass is 19.1. The Labute approximate surface area is 122 Å². The van der Waals surface area contributed by atoms with Gasteiger partial charge in [-0.15, -0.1) is 0 Å². The normalized spacial score (nSPS) is 19.7. The second kappa shape index (κ2) is 5.42. The van der Waals surface area contributed by atoms with Crippen LogP contribution in [0.5, 0.6) is 0 Å². The minimum atomic E-state index is -0.671. The summed E-state index contributed by atoms with van der Waals surface area (Å²) >= 11 is 0. The van der Waals surface area contributed by atoms with Crippen molar-refractivity contribution in [1.29, 1.82) is 0 Å². The van der Waals surface area contributed by atoms with Gasteiger partial charge in [-0.05, 0) is 23.6 Å². The number of nitrogens with zero attached hydrogens (tertiary/aromatic N) is 1. The van der Waals surface area contributed by atoms with E-state index in [4.69, 9.17) is 0 Å². The predicted octanol–water partition coefficient (Wildman–Crippen LogP) is 1.84. The fourth-order valence-electron chi connectivity index (χ4n) is 2.29. The first kappa shape index (κ1) is 15.4.